The van der Waals surface area contributed by atoms with Gasteiger partial charge >= 0.3 is 0 Å². The summed E-state index contributed by atoms with van der Waals surface area (Å²) in [6.45, 7) is 7.35. The molecule has 16 heavy (non-hydrogen) atoms. The third kappa shape index (κ3) is 5.09. The first-order chi connectivity index (χ1) is 7.77. The maximum Gasteiger partial charge on any atom is 0.00951 e. The standard InChI is InChI=1S/C14H29NS/c1-3-6-14-7-4-5-10-15(14)11-8-13(2)9-12-16/h13-14,16H,3-12H2,1-2H3. The van der Waals surface area contributed by atoms with Crippen LogP contribution >= 0.6 is 12.6 Å². The van der Waals surface area contributed by atoms with Gasteiger partial charge in [-0.25, -0.2) is 0 Å². The van der Waals surface area contributed by atoms with E-state index in [0.29, 0.717) is 0 Å². The molecule has 2 heteroatoms. The Kier molecular flexibility index (Phi) is 7.55. The zero-order valence-electron chi connectivity index (χ0n) is 11.1. The van der Waals surface area contributed by atoms with Crippen molar-refractivity contribution in [1.29, 1.82) is 0 Å². The molecule has 1 fully saturated rings. The Morgan fingerprint density at radius 3 is 2.81 bits per heavy atom. The minimum Gasteiger partial charge on any atom is -0.300 e. The van der Waals surface area contributed by atoms with Crippen molar-refractivity contribution in [3.8, 4) is 0 Å². The molecule has 0 N–H and O–H groups in total. The van der Waals surface area contributed by atoms with Crippen LogP contribution in [0.5, 0.6) is 0 Å². The van der Waals surface area contributed by atoms with E-state index in [2.05, 4.69) is 31.4 Å². The zero-order valence-corrected chi connectivity index (χ0v) is 12.0. The van der Waals surface area contributed by atoms with Crippen molar-refractivity contribution in [3.05, 3.63) is 0 Å². The number of hydrogen-bond donors (Lipinski definition) is 1. The second-order valence-electron chi connectivity index (χ2n) is 5.38. The molecule has 1 aliphatic heterocycles. The molecule has 0 bridgehead atoms. The van der Waals surface area contributed by atoms with Crippen molar-refractivity contribution in [3.63, 3.8) is 0 Å². The monoisotopic (exact) mass is 243 g/mol. The first kappa shape index (κ1) is 14.4. The fourth-order valence-corrected chi connectivity index (χ4v) is 3.21. The molecule has 0 radical (unpaired) electrons. The molecule has 0 aromatic rings. The maximum absolute atomic E-state index is 4.32. The van der Waals surface area contributed by atoms with Crippen molar-refractivity contribution < 1.29 is 0 Å². The Labute approximate surface area is 107 Å². The van der Waals surface area contributed by atoms with Crippen LogP contribution in [0.1, 0.15) is 58.8 Å². The number of hydrogen-bond acceptors (Lipinski definition) is 2. The highest BCUT2D eigenvalue weighted by atomic mass is 32.1. The Bertz CT molecular complexity index is 170. The third-order valence-corrected chi connectivity index (χ3v) is 4.16. The molecule has 96 valence electrons. The van der Waals surface area contributed by atoms with Crippen LogP contribution in [0, 0.1) is 5.92 Å². The third-order valence-electron chi connectivity index (χ3n) is 3.90. The average molecular weight is 243 g/mol. The van der Waals surface area contributed by atoms with E-state index < -0.39 is 0 Å². The summed E-state index contributed by atoms with van der Waals surface area (Å²) in [4.78, 5) is 2.75. The van der Waals surface area contributed by atoms with Crippen LogP contribution in [-0.4, -0.2) is 29.8 Å². The molecule has 0 aromatic heterocycles. The van der Waals surface area contributed by atoms with Gasteiger partial charge in [0.15, 0.2) is 0 Å². The molecular weight excluding hydrogens is 214 g/mol. The predicted octanol–water partition coefficient (Wildman–Crippen LogP) is 3.99. The van der Waals surface area contributed by atoms with E-state index in [1.165, 1.54) is 58.0 Å². The zero-order chi connectivity index (χ0) is 11.8. The van der Waals surface area contributed by atoms with Crippen LogP contribution in [0.2, 0.25) is 0 Å². The van der Waals surface area contributed by atoms with Crippen LogP contribution in [0.3, 0.4) is 0 Å². The van der Waals surface area contributed by atoms with Gasteiger partial charge in [-0.1, -0.05) is 26.7 Å². The summed E-state index contributed by atoms with van der Waals surface area (Å²) in [6.07, 6.45) is 9.69. The molecule has 0 amide bonds. The molecule has 1 rings (SSSR count). The molecule has 0 aliphatic carbocycles. The smallest absolute Gasteiger partial charge is 0.00951 e. The van der Waals surface area contributed by atoms with Crippen LogP contribution < -0.4 is 0 Å². The van der Waals surface area contributed by atoms with E-state index in [1.54, 1.807) is 0 Å². The molecule has 2 unspecified atom stereocenters. The van der Waals surface area contributed by atoms with E-state index in [1.807, 2.05) is 0 Å². The molecule has 1 heterocycles. The van der Waals surface area contributed by atoms with Gasteiger partial charge in [-0.2, -0.15) is 12.6 Å². The van der Waals surface area contributed by atoms with Crippen molar-refractivity contribution >= 4 is 12.6 Å². The Morgan fingerprint density at radius 1 is 1.31 bits per heavy atom. The quantitative estimate of drug-likeness (QED) is 0.662. The van der Waals surface area contributed by atoms with Gasteiger partial charge in [0.05, 0.1) is 0 Å². The molecule has 1 nitrogen and oxygen atoms in total. The maximum atomic E-state index is 4.32. The number of thiol groups is 1. The molecule has 1 saturated heterocycles. The normalized spacial score (nSPS) is 24.6. The summed E-state index contributed by atoms with van der Waals surface area (Å²) < 4.78 is 0. The van der Waals surface area contributed by atoms with Gasteiger partial charge in [-0.15, -0.1) is 0 Å². The highest BCUT2D eigenvalue weighted by Gasteiger charge is 2.21. The minimum absolute atomic E-state index is 0.849. The summed E-state index contributed by atoms with van der Waals surface area (Å²) in [5.41, 5.74) is 0. The second kappa shape index (κ2) is 8.41. The van der Waals surface area contributed by atoms with Gasteiger partial charge in [-0.05, 0) is 56.9 Å². The number of likely N-dealkylation sites (tertiary alicyclic amines) is 1. The SMILES string of the molecule is CCCC1CCCCN1CCC(C)CCS. The van der Waals surface area contributed by atoms with Crippen molar-refractivity contribution in [2.75, 3.05) is 18.8 Å². The minimum atomic E-state index is 0.849. The largest absolute Gasteiger partial charge is 0.300 e. The molecule has 1 aliphatic rings. The van der Waals surface area contributed by atoms with Crippen LogP contribution in [0.15, 0.2) is 0 Å². The Hall–Kier alpha value is 0.310. The predicted molar refractivity (Wildman–Crippen MR) is 76.4 cm³/mol. The first-order valence-electron chi connectivity index (χ1n) is 7.12. The molecular formula is C14H29NS. The van der Waals surface area contributed by atoms with Gasteiger partial charge < -0.3 is 4.90 Å². The van der Waals surface area contributed by atoms with E-state index in [0.717, 1.165) is 17.7 Å². The Balaban J connectivity index is 2.26. The summed E-state index contributed by atoms with van der Waals surface area (Å²) in [5.74, 6) is 1.89. The molecule has 0 aromatic carbocycles. The van der Waals surface area contributed by atoms with Gasteiger partial charge in [-0.3, -0.25) is 0 Å². The number of piperidine rings is 1. The second-order valence-corrected chi connectivity index (χ2v) is 5.83. The van der Waals surface area contributed by atoms with Crippen LogP contribution in [0.4, 0.5) is 0 Å². The molecule has 0 saturated carbocycles. The fourth-order valence-electron chi connectivity index (χ4n) is 2.77. The number of rotatable bonds is 7. The van der Waals surface area contributed by atoms with E-state index in [9.17, 15) is 0 Å². The van der Waals surface area contributed by atoms with Crippen LogP contribution in [0.25, 0.3) is 0 Å². The molecule has 0 spiro atoms. The number of nitrogens with zero attached hydrogens (tertiary/aromatic N) is 1. The van der Waals surface area contributed by atoms with E-state index in [4.69, 9.17) is 0 Å². The van der Waals surface area contributed by atoms with Crippen molar-refractivity contribution in [2.45, 2.75) is 64.8 Å². The van der Waals surface area contributed by atoms with E-state index in [-0.39, 0.29) is 0 Å². The van der Waals surface area contributed by atoms with Crippen molar-refractivity contribution in [1.82, 2.24) is 4.90 Å². The lowest BCUT2D eigenvalue weighted by Crippen LogP contribution is -2.40. The van der Waals surface area contributed by atoms with Gasteiger partial charge in [0.25, 0.3) is 0 Å². The topological polar surface area (TPSA) is 3.24 Å². The lowest BCUT2D eigenvalue weighted by Gasteiger charge is -2.36. The first-order valence-corrected chi connectivity index (χ1v) is 7.76. The summed E-state index contributed by atoms with van der Waals surface area (Å²) in [6, 6.07) is 0.891. The van der Waals surface area contributed by atoms with Gasteiger partial charge in [0, 0.05) is 6.04 Å². The van der Waals surface area contributed by atoms with E-state index >= 15 is 0 Å². The lowest BCUT2D eigenvalue weighted by molar-refractivity contribution is 0.131. The summed E-state index contributed by atoms with van der Waals surface area (Å²) >= 11 is 4.32. The lowest BCUT2D eigenvalue weighted by atomic mass is 9.96. The average Bonchev–Trinajstić information content (AvgIpc) is 2.29. The Morgan fingerprint density at radius 2 is 2.12 bits per heavy atom. The molecule has 2 atom stereocenters. The highest BCUT2D eigenvalue weighted by molar-refractivity contribution is 7.80. The van der Waals surface area contributed by atoms with Gasteiger partial charge in [0.1, 0.15) is 0 Å². The summed E-state index contributed by atoms with van der Waals surface area (Å²) in [5, 5.41) is 0. The van der Waals surface area contributed by atoms with Gasteiger partial charge in [0.2, 0.25) is 0 Å². The fraction of sp³-hybridized carbons (Fsp3) is 1.00. The summed E-state index contributed by atoms with van der Waals surface area (Å²) in [7, 11) is 0. The van der Waals surface area contributed by atoms with Crippen molar-refractivity contribution in [2.24, 2.45) is 5.92 Å². The highest BCUT2D eigenvalue weighted by Crippen LogP contribution is 2.22. The van der Waals surface area contributed by atoms with Crippen LogP contribution in [-0.2, 0) is 0 Å².